The average molecular weight is 270 g/mol. The first-order chi connectivity index (χ1) is 9.37. The number of aryl methyl sites for hydroxylation is 2. The van der Waals surface area contributed by atoms with Crippen LogP contribution in [0.1, 0.15) is 49.0 Å². The molecule has 0 bridgehead atoms. The van der Waals surface area contributed by atoms with Crippen LogP contribution in [0.3, 0.4) is 0 Å². The molecule has 1 unspecified atom stereocenters. The van der Waals surface area contributed by atoms with Crippen LogP contribution in [0.5, 0.6) is 0 Å². The van der Waals surface area contributed by atoms with Gasteiger partial charge in [0.15, 0.2) is 0 Å². The summed E-state index contributed by atoms with van der Waals surface area (Å²) in [4.78, 5) is 4.27. The fourth-order valence-electron chi connectivity index (χ4n) is 3.37. The van der Waals surface area contributed by atoms with Gasteiger partial charge in [-0.25, -0.2) is 0 Å². The molecule has 0 aromatic carbocycles. The van der Waals surface area contributed by atoms with E-state index in [0.29, 0.717) is 0 Å². The third-order valence-electron chi connectivity index (χ3n) is 4.21. The van der Waals surface area contributed by atoms with E-state index in [-0.39, 0.29) is 11.5 Å². The van der Waals surface area contributed by atoms with Gasteiger partial charge in [-0.3, -0.25) is 4.98 Å². The molecule has 0 amide bonds. The van der Waals surface area contributed by atoms with Crippen molar-refractivity contribution in [3.8, 4) is 5.69 Å². The predicted molar refractivity (Wildman–Crippen MR) is 80.1 cm³/mol. The predicted octanol–water partition coefficient (Wildman–Crippen LogP) is 3.49. The molecule has 3 nitrogen and oxygen atoms in total. The number of aliphatic hydroxyl groups excluding tert-OH is 1. The van der Waals surface area contributed by atoms with Gasteiger partial charge in [0.2, 0.25) is 0 Å². The van der Waals surface area contributed by atoms with Gasteiger partial charge in [-0.05, 0) is 50.3 Å². The Hall–Kier alpha value is -1.61. The molecular weight excluding hydrogens is 248 g/mol. The molecule has 0 fully saturated rings. The van der Waals surface area contributed by atoms with Gasteiger partial charge in [-0.15, -0.1) is 0 Å². The molecule has 0 saturated carbocycles. The van der Waals surface area contributed by atoms with E-state index in [2.05, 4.69) is 42.5 Å². The summed E-state index contributed by atoms with van der Waals surface area (Å²) in [5, 5.41) is 10.4. The highest BCUT2D eigenvalue weighted by molar-refractivity contribution is 5.43. The van der Waals surface area contributed by atoms with E-state index in [1.54, 1.807) is 0 Å². The topological polar surface area (TPSA) is 38.0 Å². The average Bonchev–Trinajstić information content (AvgIpc) is 2.64. The second-order valence-corrected chi connectivity index (χ2v) is 6.74. The minimum absolute atomic E-state index is 0.136. The van der Waals surface area contributed by atoms with Gasteiger partial charge >= 0.3 is 0 Å². The van der Waals surface area contributed by atoms with Gasteiger partial charge in [0, 0.05) is 34.5 Å². The summed E-state index contributed by atoms with van der Waals surface area (Å²) in [6, 6.07) is 6.26. The minimum atomic E-state index is -0.350. The van der Waals surface area contributed by atoms with Gasteiger partial charge in [0.05, 0.1) is 6.10 Å². The van der Waals surface area contributed by atoms with Crippen LogP contribution < -0.4 is 0 Å². The third-order valence-corrected chi connectivity index (χ3v) is 4.21. The van der Waals surface area contributed by atoms with Crippen molar-refractivity contribution in [1.82, 2.24) is 9.55 Å². The Morgan fingerprint density at radius 2 is 2.05 bits per heavy atom. The van der Waals surface area contributed by atoms with Crippen molar-refractivity contribution in [2.75, 3.05) is 0 Å². The van der Waals surface area contributed by atoms with Crippen LogP contribution in [0, 0.1) is 19.3 Å². The normalized spacial score (nSPS) is 20.8. The smallest absolute Gasteiger partial charge is 0.0812 e. The number of rotatable bonds is 1. The van der Waals surface area contributed by atoms with Crippen LogP contribution in [0.2, 0.25) is 0 Å². The Morgan fingerprint density at radius 1 is 1.30 bits per heavy atom. The Kier molecular flexibility index (Phi) is 2.98. The molecule has 3 heteroatoms. The Labute approximate surface area is 120 Å². The highest BCUT2D eigenvalue weighted by Gasteiger charge is 2.34. The molecule has 2 heterocycles. The Balaban J connectivity index is 2.19. The lowest BCUT2D eigenvalue weighted by Crippen LogP contribution is -2.26. The number of pyridine rings is 1. The number of fused-ring (bicyclic) bond motifs is 1. The molecule has 1 atom stereocenters. The second-order valence-electron chi connectivity index (χ2n) is 6.74. The summed E-state index contributed by atoms with van der Waals surface area (Å²) in [5.41, 5.74) is 5.81. The molecule has 106 valence electrons. The zero-order chi connectivity index (χ0) is 14.5. The summed E-state index contributed by atoms with van der Waals surface area (Å²) in [7, 11) is 0. The second kappa shape index (κ2) is 4.45. The third kappa shape index (κ3) is 2.16. The number of aromatic nitrogens is 2. The molecular formula is C17H22N2O. The molecule has 2 aromatic heterocycles. The van der Waals surface area contributed by atoms with Crippen molar-refractivity contribution in [3.05, 3.63) is 47.0 Å². The van der Waals surface area contributed by atoms with Crippen molar-refractivity contribution in [2.45, 2.75) is 46.6 Å². The van der Waals surface area contributed by atoms with Crippen LogP contribution in [0.15, 0.2) is 24.4 Å². The molecule has 0 spiro atoms. The highest BCUT2D eigenvalue weighted by Crippen LogP contribution is 2.42. The van der Waals surface area contributed by atoms with Gasteiger partial charge in [-0.2, -0.15) is 0 Å². The summed E-state index contributed by atoms with van der Waals surface area (Å²) in [5.74, 6) is 0. The lowest BCUT2D eigenvalue weighted by molar-refractivity contribution is 0.0987. The zero-order valence-corrected chi connectivity index (χ0v) is 12.6. The van der Waals surface area contributed by atoms with Crippen LogP contribution in [0.25, 0.3) is 5.69 Å². The van der Waals surface area contributed by atoms with Crippen molar-refractivity contribution < 1.29 is 5.11 Å². The van der Waals surface area contributed by atoms with E-state index >= 15 is 0 Å². The lowest BCUT2D eigenvalue weighted by atomic mass is 9.75. The molecule has 2 aromatic rings. The Bertz CT molecular complexity index is 655. The van der Waals surface area contributed by atoms with E-state index in [4.69, 9.17) is 0 Å². The number of hydrogen-bond acceptors (Lipinski definition) is 2. The Morgan fingerprint density at radius 3 is 2.75 bits per heavy atom. The SMILES string of the molecule is Cc1cc(-n2c(C)cc3c2CC(C)(C)CC3O)ccn1. The van der Waals surface area contributed by atoms with Crippen molar-refractivity contribution in [1.29, 1.82) is 0 Å². The van der Waals surface area contributed by atoms with Crippen LogP contribution in [0.4, 0.5) is 0 Å². The van der Waals surface area contributed by atoms with E-state index in [1.807, 2.05) is 19.2 Å². The van der Waals surface area contributed by atoms with Crippen molar-refractivity contribution in [3.63, 3.8) is 0 Å². The standard InChI is InChI=1S/C17H22N2O/c1-11-7-13(5-6-18-11)19-12(2)8-14-15(19)9-17(3,4)10-16(14)20/h5-8,16,20H,9-10H2,1-4H3. The van der Waals surface area contributed by atoms with Gasteiger partial charge in [-0.1, -0.05) is 13.8 Å². The van der Waals surface area contributed by atoms with E-state index < -0.39 is 0 Å². The largest absolute Gasteiger partial charge is 0.388 e. The maximum Gasteiger partial charge on any atom is 0.0812 e. The van der Waals surface area contributed by atoms with E-state index in [1.165, 1.54) is 11.4 Å². The maximum atomic E-state index is 10.4. The molecule has 1 aliphatic carbocycles. The van der Waals surface area contributed by atoms with Crippen LogP contribution in [-0.2, 0) is 6.42 Å². The number of aliphatic hydroxyl groups is 1. The fraction of sp³-hybridized carbons (Fsp3) is 0.471. The first kappa shape index (κ1) is 13.4. The first-order valence-electron chi connectivity index (χ1n) is 7.20. The highest BCUT2D eigenvalue weighted by atomic mass is 16.3. The van der Waals surface area contributed by atoms with Crippen LogP contribution >= 0.6 is 0 Å². The van der Waals surface area contributed by atoms with Crippen molar-refractivity contribution >= 4 is 0 Å². The molecule has 0 aliphatic heterocycles. The first-order valence-corrected chi connectivity index (χ1v) is 7.20. The summed E-state index contributed by atoms with van der Waals surface area (Å²) in [6.45, 7) is 8.56. The lowest BCUT2D eigenvalue weighted by Gasteiger charge is -2.34. The van der Waals surface area contributed by atoms with E-state index in [9.17, 15) is 5.11 Å². The number of hydrogen-bond donors (Lipinski definition) is 1. The molecule has 1 N–H and O–H groups in total. The number of nitrogens with zero attached hydrogens (tertiary/aromatic N) is 2. The quantitative estimate of drug-likeness (QED) is 0.861. The minimum Gasteiger partial charge on any atom is -0.388 e. The van der Waals surface area contributed by atoms with Gasteiger partial charge in [0.1, 0.15) is 0 Å². The van der Waals surface area contributed by atoms with Gasteiger partial charge in [0.25, 0.3) is 0 Å². The summed E-state index contributed by atoms with van der Waals surface area (Å²) in [6.07, 6.45) is 3.32. The summed E-state index contributed by atoms with van der Waals surface area (Å²) < 4.78 is 2.27. The molecule has 1 aliphatic rings. The van der Waals surface area contributed by atoms with Gasteiger partial charge < -0.3 is 9.67 Å². The molecule has 20 heavy (non-hydrogen) atoms. The monoisotopic (exact) mass is 270 g/mol. The maximum absolute atomic E-state index is 10.4. The fourth-order valence-corrected chi connectivity index (χ4v) is 3.37. The molecule has 0 radical (unpaired) electrons. The summed E-state index contributed by atoms with van der Waals surface area (Å²) >= 11 is 0. The van der Waals surface area contributed by atoms with Crippen molar-refractivity contribution in [2.24, 2.45) is 5.41 Å². The van der Waals surface area contributed by atoms with Crippen LogP contribution in [-0.4, -0.2) is 14.7 Å². The molecule has 3 rings (SSSR count). The van der Waals surface area contributed by atoms with E-state index in [0.717, 1.165) is 29.8 Å². The molecule has 0 saturated heterocycles. The zero-order valence-electron chi connectivity index (χ0n) is 12.6.